The number of thioether (sulfide) groups is 1. The molecular weight excluding hydrogens is 506 g/mol. The molecule has 2 aromatic carbocycles. The van der Waals surface area contributed by atoms with E-state index in [0.29, 0.717) is 33.1 Å². The molecule has 0 saturated heterocycles. The van der Waals surface area contributed by atoms with Crippen LogP contribution in [-0.4, -0.2) is 46.9 Å². The molecule has 31 heavy (non-hydrogen) atoms. The number of halogens is 2. The average Bonchev–Trinajstić information content (AvgIpc) is 3.13. The number of hydrazone groups is 1. The third-order valence-electron chi connectivity index (χ3n) is 4.17. The second kappa shape index (κ2) is 10.7. The number of methoxy groups -OCH3 is 2. The first-order valence-corrected chi connectivity index (χ1v) is 11.1. The number of rotatable bonds is 8. The van der Waals surface area contributed by atoms with E-state index in [-0.39, 0.29) is 11.7 Å². The molecule has 3 aromatic rings. The van der Waals surface area contributed by atoms with Crippen LogP contribution in [-0.2, 0) is 11.8 Å². The maximum absolute atomic E-state index is 12.2. The van der Waals surface area contributed by atoms with E-state index < -0.39 is 0 Å². The van der Waals surface area contributed by atoms with Gasteiger partial charge in [0.1, 0.15) is 11.5 Å². The topological polar surface area (TPSA) is 90.6 Å². The van der Waals surface area contributed by atoms with Crippen molar-refractivity contribution >= 4 is 51.4 Å². The fourth-order valence-corrected chi connectivity index (χ4v) is 3.96. The molecule has 1 amide bonds. The third kappa shape index (κ3) is 5.78. The van der Waals surface area contributed by atoms with Gasteiger partial charge in [-0.05, 0) is 46.3 Å². The van der Waals surface area contributed by atoms with Crippen molar-refractivity contribution < 1.29 is 14.3 Å². The predicted octanol–water partition coefficient (Wildman–Crippen LogP) is 4.16. The number of hydrogen-bond acceptors (Lipinski definition) is 7. The standard InChI is InChI=1S/C20H19BrClN5O3S/c1-27-19(12-4-6-14(22)7-5-12)25-26-20(27)31-11-18(28)24-23-10-13-8-15(21)17(30-3)9-16(13)29-2/h4-10H,11H2,1-3H3,(H,24,28). The fraction of sp³-hybridized carbons (Fsp3) is 0.200. The summed E-state index contributed by atoms with van der Waals surface area (Å²) in [6.45, 7) is 0. The van der Waals surface area contributed by atoms with Crippen LogP contribution >= 0.6 is 39.3 Å². The van der Waals surface area contributed by atoms with Crippen molar-refractivity contribution in [3.8, 4) is 22.9 Å². The number of aromatic nitrogens is 3. The lowest BCUT2D eigenvalue weighted by Gasteiger charge is -2.09. The number of amides is 1. The van der Waals surface area contributed by atoms with Crippen LogP contribution in [0.2, 0.25) is 5.02 Å². The largest absolute Gasteiger partial charge is 0.496 e. The van der Waals surface area contributed by atoms with Gasteiger partial charge in [0.2, 0.25) is 0 Å². The van der Waals surface area contributed by atoms with Crippen molar-refractivity contribution in [3.63, 3.8) is 0 Å². The van der Waals surface area contributed by atoms with E-state index in [0.717, 1.165) is 10.0 Å². The molecule has 0 saturated carbocycles. The first-order valence-electron chi connectivity index (χ1n) is 8.94. The molecule has 0 spiro atoms. The van der Waals surface area contributed by atoms with E-state index in [1.807, 2.05) is 23.7 Å². The zero-order valence-electron chi connectivity index (χ0n) is 16.9. The van der Waals surface area contributed by atoms with Crippen molar-refractivity contribution in [1.29, 1.82) is 0 Å². The average molecular weight is 525 g/mol. The molecule has 1 heterocycles. The number of carbonyl (C=O) groups excluding carboxylic acids is 1. The fourth-order valence-electron chi connectivity index (χ4n) is 2.61. The lowest BCUT2D eigenvalue weighted by atomic mass is 10.2. The van der Waals surface area contributed by atoms with Crippen LogP contribution < -0.4 is 14.9 Å². The smallest absolute Gasteiger partial charge is 0.250 e. The summed E-state index contributed by atoms with van der Waals surface area (Å²) in [4.78, 5) is 12.2. The maximum Gasteiger partial charge on any atom is 0.250 e. The monoisotopic (exact) mass is 523 g/mol. The van der Waals surface area contributed by atoms with E-state index in [9.17, 15) is 4.79 Å². The van der Waals surface area contributed by atoms with Gasteiger partial charge in [0.05, 0.1) is 30.7 Å². The molecule has 1 N–H and O–H groups in total. The maximum atomic E-state index is 12.2. The van der Waals surface area contributed by atoms with Gasteiger partial charge in [-0.1, -0.05) is 23.4 Å². The highest BCUT2D eigenvalue weighted by Crippen LogP contribution is 2.32. The van der Waals surface area contributed by atoms with Crippen LogP contribution in [0.1, 0.15) is 5.56 Å². The van der Waals surface area contributed by atoms with Crippen molar-refractivity contribution in [1.82, 2.24) is 20.2 Å². The predicted molar refractivity (Wildman–Crippen MR) is 125 cm³/mol. The second-order valence-electron chi connectivity index (χ2n) is 6.18. The number of ether oxygens (including phenoxy) is 2. The van der Waals surface area contributed by atoms with Gasteiger partial charge in [-0.15, -0.1) is 10.2 Å². The van der Waals surface area contributed by atoms with Gasteiger partial charge in [-0.25, -0.2) is 5.43 Å². The minimum absolute atomic E-state index is 0.132. The highest BCUT2D eigenvalue weighted by molar-refractivity contribution is 9.10. The van der Waals surface area contributed by atoms with Crippen LogP contribution in [0.15, 0.2) is 51.1 Å². The Morgan fingerprint density at radius 1 is 1.23 bits per heavy atom. The normalized spacial score (nSPS) is 11.0. The van der Waals surface area contributed by atoms with Crippen LogP contribution in [0.25, 0.3) is 11.4 Å². The summed E-state index contributed by atoms with van der Waals surface area (Å²) in [5.41, 5.74) is 4.07. The lowest BCUT2D eigenvalue weighted by Crippen LogP contribution is -2.20. The van der Waals surface area contributed by atoms with E-state index in [2.05, 4.69) is 36.7 Å². The number of nitrogens with one attached hydrogen (secondary N) is 1. The molecule has 0 aliphatic heterocycles. The Hall–Kier alpha value is -2.56. The van der Waals surface area contributed by atoms with Gasteiger partial charge >= 0.3 is 0 Å². The Morgan fingerprint density at radius 3 is 2.61 bits per heavy atom. The Kier molecular flexibility index (Phi) is 7.94. The summed E-state index contributed by atoms with van der Waals surface area (Å²) in [7, 11) is 4.96. The highest BCUT2D eigenvalue weighted by Gasteiger charge is 2.13. The first kappa shape index (κ1) is 23.1. The molecule has 8 nitrogen and oxygen atoms in total. The number of carbonyl (C=O) groups is 1. The van der Waals surface area contributed by atoms with Crippen molar-refractivity contribution in [2.45, 2.75) is 5.16 Å². The van der Waals surface area contributed by atoms with Crippen LogP contribution in [0.5, 0.6) is 11.5 Å². The molecule has 0 bridgehead atoms. The van der Waals surface area contributed by atoms with Crippen LogP contribution in [0.3, 0.4) is 0 Å². The molecule has 0 unspecified atom stereocenters. The van der Waals surface area contributed by atoms with Crippen LogP contribution in [0, 0.1) is 0 Å². The summed E-state index contributed by atoms with van der Waals surface area (Å²) >= 11 is 10.6. The number of hydrogen-bond donors (Lipinski definition) is 1. The molecule has 3 rings (SSSR count). The molecule has 1 aromatic heterocycles. The van der Waals surface area contributed by atoms with Gasteiger partial charge in [-0.2, -0.15) is 5.10 Å². The molecule has 0 aliphatic rings. The quantitative estimate of drug-likeness (QED) is 0.270. The second-order valence-corrected chi connectivity index (χ2v) is 8.42. The SMILES string of the molecule is COc1cc(OC)c(C=NNC(=O)CSc2nnc(-c3ccc(Cl)cc3)n2C)cc1Br. The van der Waals surface area contributed by atoms with E-state index in [1.54, 1.807) is 38.5 Å². The van der Waals surface area contributed by atoms with Gasteiger partial charge in [0.15, 0.2) is 11.0 Å². The van der Waals surface area contributed by atoms with E-state index >= 15 is 0 Å². The molecule has 11 heteroatoms. The molecular formula is C20H19BrClN5O3S. The Balaban J connectivity index is 1.59. The molecule has 0 atom stereocenters. The Bertz CT molecular complexity index is 1100. The Labute approximate surface area is 197 Å². The number of benzene rings is 2. The molecule has 162 valence electrons. The minimum atomic E-state index is -0.274. The van der Waals surface area contributed by atoms with Crippen molar-refractivity contribution in [2.75, 3.05) is 20.0 Å². The zero-order chi connectivity index (χ0) is 22.4. The van der Waals surface area contributed by atoms with Gasteiger partial charge in [0, 0.05) is 29.3 Å². The van der Waals surface area contributed by atoms with E-state index in [4.69, 9.17) is 21.1 Å². The van der Waals surface area contributed by atoms with Crippen molar-refractivity contribution in [3.05, 3.63) is 51.5 Å². The minimum Gasteiger partial charge on any atom is -0.496 e. The summed E-state index contributed by atoms with van der Waals surface area (Å²) in [6.07, 6.45) is 1.51. The lowest BCUT2D eigenvalue weighted by molar-refractivity contribution is -0.118. The van der Waals surface area contributed by atoms with E-state index in [1.165, 1.54) is 18.0 Å². The van der Waals surface area contributed by atoms with Gasteiger partial charge in [0.25, 0.3) is 5.91 Å². The molecule has 0 radical (unpaired) electrons. The van der Waals surface area contributed by atoms with Gasteiger partial charge in [-0.3, -0.25) is 4.79 Å². The Morgan fingerprint density at radius 2 is 1.94 bits per heavy atom. The molecule has 0 aliphatic carbocycles. The summed E-state index contributed by atoms with van der Waals surface area (Å²) in [6, 6.07) is 10.8. The van der Waals surface area contributed by atoms with Gasteiger partial charge < -0.3 is 14.0 Å². The highest BCUT2D eigenvalue weighted by atomic mass is 79.9. The third-order valence-corrected chi connectivity index (χ3v) is 6.06. The van der Waals surface area contributed by atoms with Crippen LogP contribution in [0.4, 0.5) is 0 Å². The summed E-state index contributed by atoms with van der Waals surface area (Å²) < 4.78 is 13.1. The summed E-state index contributed by atoms with van der Waals surface area (Å²) in [5, 5.41) is 13.6. The molecule has 0 fully saturated rings. The zero-order valence-corrected chi connectivity index (χ0v) is 20.1. The van der Waals surface area contributed by atoms with Crippen molar-refractivity contribution in [2.24, 2.45) is 12.1 Å². The summed E-state index contributed by atoms with van der Waals surface area (Å²) in [5.74, 6) is 1.75. The number of nitrogens with zero attached hydrogens (tertiary/aromatic N) is 4. The first-order chi connectivity index (χ1) is 14.9.